The van der Waals surface area contributed by atoms with Crippen molar-refractivity contribution in [2.75, 3.05) is 0 Å². The summed E-state index contributed by atoms with van der Waals surface area (Å²) in [6, 6.07) is 0. The van der Waals surface area contributed by atoms with Crippen molar-refractivity contribution in [3.8, 4) is 0 Å². The fourth-order valence-corrected chi connectivity index (χ4v) is 0. The minimum atomic E-state index is -3.12. The maximum absolute atomic E-state index is 8.70. The Labute approximate surface area is 95.2 Å². The molecule has 0 aliphatic rings. The van der Waals surface area contributed by atoms with Gasteiger partial charge in [-0.15, -0.1) is 9.79 Å². The molecule has 0 radical (unpaired) electrons. The van der Waals surface area contributed by atoms with Gasteiger partial charge >= 0.3 is 67.9 Å². The minimum absolute atomic E-state index is 0. The summed E-state index contributed by atoms with van der Waals surface area (Å²) in [5, 5.41) is 0. The van der Waals surface area contributed by atoms with Crippen LogP contribution in [0.15, 0.2) is 0 Å². The molecule has 1 unspecified atom stereocenters. The quantitative estimate of drug-likeness (QED) is 0.268. The van der Waals surface area contributed by atoms with Crippen LogP contribution in [-0.4, -0.2) is 14.7 Å². The molecule has 9 heteroatoms. The van der Waals surface area contributed by atoms with E-state index in [1.54, 1.807) is 0 Å². The Hall–Kier alpha value is 1.68. The van der Waals surface area contributed by atoms with E-state index in [1.165, 1.54) is 0 Å². The van der Waals surface area contributed by atoms with Crippen LogP contribution in [0.4, 0.5) is 0 Å². The molecule has 0 saturated heterocycles. The van der Waals surface area contributed by atoms with E-state index in [0.717, 1.165) is 0 Å². The molecule has 0 aliphatic carbocycles. The molecule has 0 spiro atoms. The van der Waals surface area contributed by atoms with Crippen molar-refractivity contribution < 1.29 is 80.1 Å². The normalized spacial score (nSPS) is 7.78. The largest absolute Gasteiger partial charge is 1.00 e. The predicted octanol–water partition coefficient (Wildman–Crippen LogP) is -4.37. The molecule has 0 rings (SSSR count). The molecule has 6 nitrogen and oxygen atoms in total. The molecule has 0 fully saturated rings. The molecule has 9 heavy (non-hydrogen) atoms. The van der Waals surface area contributed by atoms with Crippen LogP contribution >= 0.6 is 16.5 Å². The molecular formula is H3KO6P2+2. The standard InChI is InChI=1S/K.2HO3P/c;2*1-4(2)3/h;(H-,1,2,3);(H,1,2,3)/q+1;;/p+1. The van der Waals surface area contributed by atoms with Crippen molar-refractivity contribution in [2.45, 2.75) is 0 Å². The predicted molar refractivity (Wildman–Crippen MR) is 21.9 cm³/mol. The molecule has 1 atom stereocenters. The van der Waals surface area contributed by atoms with Gasteiger partial charge in [0.25, 0.3) is 0 Å². The first-order chi connectivity index (χ1) is 3.46. The molecule has 0 amide bonds. The number of rotatable bonds is 0. The van der Waals surface area contributed by atoms with Gasteiger partial charge < -0.3 is 4.89 Å². The van der Waals surface area contributed by atoms with Crippen molar-refractivity contribution >= 4 is 16.5 Å². The van der Waals surface area contributed by atoms with Crippen molar-refractivity contribution in [3.63, 3.8) is 0 Å². The van der Waals surface area contributed by atoms with Crippen molar-refractivity contribution in [1.82, 2.24) is 0 Å². The second-order valence-electron chi connectivity index (χ2n) is 0.491. The second-order valence-corrected chi connectivity index (χ2v) is 1.47. The summed E-state index contributed by atoms with van der Waals surface area (Å²) in [6.07, 6.45) is 0. The van der Waals surface area contributed by atoms with Gasteiger partial charge in [-0.05, 0) is 4.57 Å². The van der Waals surface area contributed by atoms with Crippen molar-refractivity contribution in [1.29, 1.82) is 0 Å². The zero-order valence-corrected chi connectivity index (χ0v) is 9.37. The Morgan fingerprint density at radius 1 is 1.11 bits per heavy atom. The van der Waals surface area contributed by atoms with Gasteiger partial charge in [-0.1, -0.05) is 0 Å². The van der Waals surface area contributed by atoms with Crippen LogP contribution in [0.2, 0.25) is 0 Å². The van der Waals surface area contributed by atoms with Crippen LogP contribution in [0.5, 0.6) is 0 Å². The zero-order chi connectivity index (χ0) is 7.15. The van der Waals surface area contributed by atoms with Gasteiger partial charge in [0, 0.05) is 4.57 Å². The Bertz CT molecular complexity index is 69.1. The van der Waals surface area contributed by atoms with Gasteiger partial charge in [-0.3, -0.25) is 0 Å². The topological polar surface area (TPSA) is 118 Å². The van der Waals surface area contributed by atoms with Crippen LogP contribution in [0.3, 0.4) is 0 Å². The van der Waals surface area contributed by atoms with Crippen molar-refractivity contribution in [2.24, 2.45) is 0 Å². The van der Waals surface area contributed by atoms with E-state index < -0.39 is 16.5 Å². The summed E-state index contributed by atoms with van der Waals surface area (Å²) >= 11 is 0. The molecule has 0 aliphatic heterocycles. The van der Waals surface area contributed by atoms with Gasteiger partial charge in [-0.2, -0.15) is 4.89 Å². The average Bonchev–Trinajstić information content (AvgIpc) is 1.25. The van der Waals surface area contributed by atoms with Crippen LogP contribution in [0.25, 0.3) is 0 Å². The van der Waals surface area contributed by atoms with Gasteiger partial charge in [0.2, 0.25) is 0 Å². The molecule has 0 aromatic carbocycles. The van der Waals surface area contributed by atoms with Gasteiger partial charge in [0.1, 0.15) is 0 Å². The van der Waals surface area contributed by atoms with Gasteiger partial charge in [0.05, 0.1) is 0 Å². The summed E-state index contributed by atoms with van der Waals surface area (Å²) in [7, 11) is -5.99. The van der Waals surface area contributed by atoms with E-state index in [0.29, 0.717) is 0 Å². The van der Waals surface area contributed by atoms with Crippen LogP contribution in [0.1, 0.15) is 0 Å². The summed E-state index contributed by atoms with van der Waals surface area (Å²) in [5.74, 6) is 0. The van der Waals surface area contributed by atoms with E-state index in [1.807, 2.05) is 0 Å². The summed E-state index contributed by atoms with van der Waals surface area (Å²) < 4.78 is 17.3. The Kier molecular flexibility index (Phi) is 23.3. The van der Waals surface area contributed by atoms with E-state index in [2.05, 4.69) is 0 Å². The Morgan fingerprint density at radius 3 is 1.11 bits per heavy atom. The first kappa shape index (κ1) is 17.0. The first-order valence-corrected chi connectivity index (χ1v) is 3.44. The fraction of sp³-hybridized carbons (Fsp3) is 0. The third kappa shape index (κ3) is 203. The second kappa shape index (κ2) is 12.4. The van der Waals surface area contributed by atoms with Gasteiger partial charge in [0.15, 0.2) is 0 Å². The minimum Gasteiger partial charge on any atom is -0.567 e. The van der Waals surface area contributed by atoms with Crippen molar-refractivity contribution in [3.05, 3.63) is 0 Å². The first-order valence-electron chi connectivity index (χ1n) is 1.15. The van der Waals surface area contributed by atoms with E-state index in [4.69, 9.17) is 28.7 Å². The summed E-state index contributed by atoms with van der Waals surface area (Å²) in [6.45, 7) is 0. The Morgan fingerprint density at radius 2 is 1.11 bits per heavy atom. The maximum Gasteiger partial charge on any atom is 1.00 e. The maximum atomic E-state index is 8.70. The smallest absolute Gasteiger partial charge is 0.567 e. The van der Waals surface area contributed by atoms with Crippen LogP contribution in [-0.2, 0) is 9.13 Å². The summed E-state index contributed by atoms with van der Waals surface area (Å²) in [4.78, 5) is 29.8. The zero-order valence-electron chi connectivity index (χ0n) is 4.46. The van der Waals surface area contributed by atoms with Crippen LogP contribution in [0, 0.1) is 0 Å². The molecule has 0 aromatic heterocycles. The molecule has 0 saturated carbocycles. The van der Waals surface area contributed by atoms with E-state index >= 15 is 0 Å². The SMILES string of the molecule is O=[P+](O)O.O=[P+]([O-])O.[K+]. The monoisotopic (exact) mass is 200 g/mol. The molecule has 0 bridgehead atoms. The third-order valence-corrected chi connectivity index (χ3v) is 0. The fourth-order valence-electron chi connectivity index (χ4n) is 0. The molecule has 0 heterocycles. The number of hydrogen-bond acceptors (Lipinski definition) is 3. The van der Waals surface area contributed by atoms with E-state index in [-0.39, 0.29) is 51.4 Å². The third-order valence-electron chi connectivity index (χ3n) is 0. The Balaban J connectivity index is -0.0000000720. The summed E-state index contributed by atoms with van der Waals surface area (Å²) in [5.41, 5.74) is 0. The molecular weight excluding hydrogens is 197 g/mol. The molecule has 0 aromatic rings. The molecule has 3 N–H and O–H groups in total. The van der Waals surface area contributed by atoms with E-state index in [9.17, 15) is 0 Å². The molecule has 48 valence electrons. The van der Waals surface area contributed by atoms with Gasteiger partial charge in [-0.25, -0.2) is 0 Å². The van der Waals surface area contributed by atoms with Crippen LogP contribution < -0.4 is 56.3 Å². The average molecular weight is 200 g/mol. The number of hydrogen-bond donors (Lipinski definition) is 3.